The fraction of sp³-hybridized carbons (Fsp3) is 0.381. The van der Waals surface area contributed by atoms with E-state index in [4.69, 9.17) is 14.2 Å². The van der Waals surface area contributed by atoms with Crippen LogP contribution >= 0.6 is 0 Å². The third-order valence-electron chi connectivity index (χ3n) is 4.16. The zero-order chi connectivity index (χ0) is 19.8. The molecule has 2 rings (SSSR count). The van der Waals surface area contributed by atoms with Gasteiger partial charge in [-0.25, -0.2) is 0 Å². The Hall–Kier alpha value is -2.73. The van der Waals surface area contributed by atoms with Crippen LogP contribution in [0, 0.1) is 6.92 Å². The van der Waals surface area contributed by atoms with Gasteiger partial charge in [-0.15, -0.1) is 0 Å². The number of ether oxygens (including phenoxy) is 3. The molecule has 0 fully saturated rings. The first-order valence-electron chi connectivity index (χ1n) is 8.90. The van der Waals surface area contributed by atoms with E-state index in [0.717, 1.165) is 11.1 Å². The standard InChI is InChI=1S/C21H28N2O4/c1-6-27-18-10-8-7-9-17(18)22-21(24)14-23(3)13-16-12-20(26-5)19(25-4)11-15(16)2/h7-12H,6,13-14H2,1-5H3,(H,22,24). The predicted molar refractivity (Wildman–Crippen MR) is 107 cm³/mol. The number of hydrogen-bond acceptors (Lipinski definition) is 5. The summed E-state index contributed by atoms with van der Waals surface area (Å²) >= 11 is 0. The van der Waals surface area contributed by atoms with Crippen molar-refractivity contribution < 1.29 is 19.0 Å². The van der Waals surface area contributed by atoms with E-state index in [2.05, 4.69) is 5.32 Å². The highest BCUT2D eigenvalue weighted by atomic mass is 16.5. The molecular weight excluding hydrogens is 344 g/mol. The summed E-state index contributed by atoms with van der Waals surface area (Å²) in [7, 11) is 5.14. The minimum absolute atomic E-state index is 0.0946. The Morgan fingerprint density at radius 2 is 1.74 bits per heavy atom. The molecule has 0 aliphatic rings. The number of amides is 1. The maximum atomic E-state index is 12.4. The number of para-hydroxylation sites is 2. The Kier molecular flexibility index (Phi) is 7.49. The van der Waals surface area contributed by atoms with Crippen molar-refractivity contribution in [2.24, 2.45) is 0 Å². The fourth-order valence-electron chi connectivity index (χ4n) is 2.83. The van der Waals surface area contributed by atoms with Gasteiger partial charge in [0, 0.05) is 6.54 Å². The van der Waals surface area contributed by atoms with Gasteiger partial charge in [-0.05, 0) is 56.3 Å². The van der Waals surface area contributed by atoms with Gasteiger partial charge in [-0.2, -0.15) is 0 Å². The van der Waals surface area contributed by atoms with E-state index in [0.29, 0.717) is 36.1 Å². The Morgan fingerprint density at radius 3 is 2.41 bits per heavy atom. The third-order valence-corrected chi connectivity index (χ3v) is 4.16. The van der Waals surface area contributed by atoms with E-state index in [1.54, 1.807) is 14.2 Å². The van der Waals surface area contributed by atoms with Crippen LogP contribution in [0.4, 0.5) is 5.69 Å². The molecule has 0 bridgehead atoms. The molecule has 6 nitrogen and oxygen atoms in total. The Labute approximate surface area is 161 Å². The second kappa shape index (κ2) is 9.83. The highest BCUT2D eigenvalue weighted by molar-refractivity contribution is 5.93. The number of anilines is 1. The van der Waals surface area contributed by atoms with Gasteiger partial charge in [-0.3, -0.25) is 9.69 Å². The largest absolute Gasteiger partial charge is 0.493 e. The molecule has 0 heterocycles. The number of carbonyl (C=O) groups excluding carboxylic acids is 1. The number of nitrogens with one attached hydrogen (secondary N) is 1. The second-order valence-corrected chi connectivity index (χ2v) is 6.28. The zero-order valence-corrected chi connectivity index (χ0v) is 16.7. The Morgan fingerprint density at radius 1 is 1.07 bits per heavy atom. The van der Waals surface area contributed by atoms with Gasteiger partial charge >= 0.3 is 0 Å². The molecule has 146 valence electrons. The normalized spacial score (nSPS) is 10.6. The Balaban J connectivity index is 2.01. The van der Waals surface area contributed by atoms with E-state index in [9.17, 15) is 4.79 Å². The molecule has 1 amide bonds. The second-order valence-electron chi connectivity index (χ2n) is 6.28. The van der Waals surface area contributed by atoms with Crippen LogP contribution in [0.5, 0.6) is 17.2 Å². The van der Waals surface area contributed by atoms with Crippen LogP contribution < -0.4 is 19.5 Å². The molecule has 0 aromatic heterocycles. The van der Waals surface area contributed by atoms with Crippen LogP contribution in [-0.4, -0.2) is 45.2 Å². The number of likely N-dealkylation sites (N-methyl/N-ethyl adjacent to an activating group) is 1. The summed E-state index contributed by atoms with van der Waals surface area (Å²) in [6.07, 6.45) is 0. The first kappa shape index (κ1) is 20.6. The minimum atomic E-state index is -0.0946. The van der Waals surface area contributed by atoms with Gasteiger partial charge in [0.05, 0.1) is 33.1 Å². The van der Waals surface area contributed by atoms with Crippen molar-refractivity contribution in [2.75, 3.05) is 39.7 Å². The minimum Gasteiger partial charge on any atom is -0.493 e. The molecule has 0 radical (unpaired) electrons. The van der Waals surface area contributed by atoms with Crippen molar-refractivity contribution >= 4 is 11.6 Å². The molecule has 0 atom stereocenters. The molecule has 0 saturated heterocycles. The Bertz CT molecular complexity index is 777. The lowest BCUT2D eigenvalue weighted by Crippen LogP contribution is -2.30. The number of methoxy groups -OCH3 is 2. The number of benzene rings is 2. The quantitative estimate of drug-likeness (QED) is 0.730. The van der Waals surface area contributed by atoms with E-state index >= 15 is 0 Å². The number of aryl methyl sites for hydroxylation is 1. The summed E-state index contributed by atoms with van der Waals surface area (Å²) in [6, 6.07) is 11.3. The van der Waals surface area contributed by atoms with Crippen LogP contribution in [0.25, 0.3) is 0 Å². The number of carbonyl (C=O) groups is 1. The van der Waals surface area contributed by atoms with Crippen LogP contribution in [0.3, 0.4) is 0 Å². The van der Waals surface area contributed by atoms with Crippen LogP contribution in [0.2, 0.25) is 0 Å². The highest BCUT2D eigenvalue weighted by Gasteiger charge is 2.13. The molecule has 0 aliphatic heterocycles. The van der Waals surface area contributed by atoms with Crippen LogP contribution in [-0.2, 0) is 11.3 Å². The van der Waals surface area contributed by atoms with Crippen molar-refractivity contribution in [3.63, 3.8) is 0 Å². The molecule has 1 N–H and O–H groups in total. The number of rotatable bonds is 9. The third kappa shape index (κ3) is 5.62. The summed E-state index contributed by atoms with van der Waals surface area (Å²) in [5, 5.41) is 2.92. The topological polar surface area (TPSA) is 60.0 Å². The van der Waals surface area contributed by atoms with Crippen molar-refractivity contribution in [3.8, 4) is 17.2 Å². The molecule has 0 saturated carbocycles. The maximum Gasteiger partial charge on any atom is 0.238 e. The van der Waals surface area contributed by atoms with Crippen molar-refractivity contribution in [3.05, 3.63) is 47.5 Å². The maximum absolute atomic E-state index is 12.4. The first-order chi connectivity index (χ1) is 13.0. The van der Waals surface area contributed by atoms with Gasteiger partial charge in [0.25, 0.3) is 0 Å². The molecule has 6 heteroatoms. The average molecular weight is 372 g/mol. The summed E-state index contributed by atoms with van der Waals surface area (Å²) < 4.78 is 16.2. The van der Waals surface area contributed by atoms with Crippen LogP contribution in [0.15, 0.2) is 36.4 Å². The highest BCUT2D eigenvalue weighted by Crippen LogP contribution is 2.30. The summed E-state index contributed by atoms with van der Waals surface area (Å²) in [6.45, 7) is 5.35. The zero-order valence-electron chi connectivity index (χ0n) is 16.7. The summed E-state index contributed by atoms with van der Waals surface area (Å²) in [5.41, 5.74) is 2.85. The van der Waals surface area contributed by atoms with Gasteiger partial charge in [0.1, 0.15) is 5.75 Å². The summed E-state index contributed by atoms with van der Waals surface area (Å²) in [4.78, 5) is 14.4. The molecular formula is C21H28N2O4. The van der Waals surface area contributed by atoms with Crippen LogP contribution in [0.1, 0.15) is 18.1 Å². The smallest absolute Gasteiger partial charge is 0.238 e. The molecule has 2 aromatic rings. The lowest BCUT2D eigenvalue weighted by Gasteiger charge is -2.19. The summed E-state index contributed by atoms with van der Waals surface area (Å²) in [5.74, 6) is 1.96. The van der Waals surface area contributed by atoms with Gasteiger partial charge in [0.2, 0.25) is 5.91 Å². The SMILES string of the molecule is CCOc1ccccc1NC(=O)CN(C)Cc1cc(OC)c(OC)cc1C. The predicted octanol–water partition coefficient (Wildman–Crippen LogP) is 3.48. The molecule has 27 heavy (non-hydrogen) atoms. The van der Waals surface area contributed by atoms with Crippen molar-refractivity contribution in [1.82, 2.24) is 4.90 Å². The lowest BCUT2D eigenvalue weighted by molar-refractivity contribution is -0.117. The van der Waals surface area contributed by atoms with E-state index in [-0.39, 0.29) is 12.5 Å². The van der Waals surface area contributed by atoms with E-state index < -0.39 is 0 Å². The van der Waals surface area contributed by atoms with Gasteiger partial charge < -0.3 is 19.5 Å². The van der Waals surface area contributed by atoms with E-state index in [1.807, 2.05) is 62.2 Å². The van der Waals surface area contributed by atoms with Gasteiger partial charge in [-0.1, -0.05) is 12.1 Å². The monoisotopic (exact) mass is 372 g/mol. The molecule has 0 unspecified atom stereocenters. The fourth-order valence-corrected chi connectivity index (χ4v) is 2.83. The molecule has 0 spiro atoms. The molecule has 2 aromatic carbocycles. The van der Waals surface area contributed by atoms with Crippen molar-refractivity contribution in [2.45, 2.75) is 20.4 Å². The average Bonchev–Trinajstić information content (AvgIpc) is 2.64. The van der Waals surface area contributed by atoms with Gasteiger partial charge in [0.15, 0.2) is 11.5 Å². The van der Waals surface area contributed by atoms with E-state index in [1.165, 1.54) is 0 Å². The van der Waals surface area contributed by atoms with Crippen molar-refractivity contribution in [1.29, 1.82) is 0 Å². The number of nitrogens with zero attached hydrogens (tertiary/aromatic N) is 1. The molecule has 0 aliphatic carbocycles. The number of hydrogen-bond donors (Lipinski definition) is 1. The first-order valence-corrected chi connectivity index (χ1v) is 8.90. The lowest BCUT2D eigenvalue weighted by atomic mass is 10.1.